The molecule has 3 N–H and O–H groups in total. The molecule has 0 amide bonds. The predicted octanol–water partition coefficient (Wildman–Crippen LogP) is 2.73. The third-order valence-corrected chi connectivity index (χ3v) is 3.49. The van der Waals surface area contributed by atoms with Gasteiger partial charge in [0.15, 0.2) is 11.5 Å². The van der Waals surface area contributed by atoms with E-state index >= 15 is 0 Å². The molecule has 0 heterocycles. The van der Waals surface area contributed by atoms with Crippen molar-refractivity contribution in [3.63, 3.8) is 0 Å². The molecule has 4 heteroatoms. The van der Waals surface area contributed by atoms with E-state index in [4.69, 9.17) is 22.1 Å². The summed E-state index contributed by atoms with van der Waals surface area (Å²) in [5, 5.41) is 10.8. The number of phenolic OH excluding ortho intramolecular Hbond substituents is 1. The van der Waals surface area contributed by atoms with Gasteiger partial charge in [-0.05, 0) is 31.9 Å². The fourth-order valence-corrected chi connectivity index (χ4v) is 2.13. The van der Waals surface area contributed by atoms with Crippen LogP contribution in [0.5, 0.6) is 11.5 Å². The molecule has 16 heavy (non-hydrogen) atoms. The van der Waals surface area contributed by atoms with Crippen LogP contribution in [0.15, 0.2) is 0 Å². The largest absolute Gasteiger partial charge is 0.504 e. The standard InChI is InChI=1S/C12H18ClNO2/c1-6(5-14)9-7(2)10(13)8(3)12(16-4)11(9)15/h6,15H,5,14H2,1-4H3. The lowest BCUT2D eigenvalue weighted by Gasteiger charge is -2.20. The molecule has 0 spiro atoms. The summed E-state index contributed by atoms with van der Waals surface area (Å²) in [6.07, 6.45) is 0. The summed E-state index contributed by atoms with van der Waals surface area (Å²) in [6, 6.07) is 0. The Hall–Kier alpha value is -0.930. The molecular weight excluding hydrogens is 226 g/mol. The molecule has 0 aliphatic rings. The first-order valence-electron chi connectivity index (χ1n) is 5.21. The lowest BCUT2D eigenvalue weighted by molar-refractivity contribution is 0.366. The van der Waals surface area contributed by atoms with Gasteiger partial charge in [0, 0.05) is 11.1 Å². The number of aromatic hydroxyl groups is 1. The van der Waals surface area contributed by atoms with Gasteiger partial charge >= 0.3 is 0 Å². The Bertz CT molecular complexity index is 405. The first-order chi connectivity index (χ1) is 7.45. The van der Waals surface area contributed by atoms with Crippen molar-refractivity contribution >= 4 is 11.6 Å². The average Bonchev–Trinajstić information content (AvgIpc) is 2.27. The summed E-state index contributed by atoms with van der Waals surface area (Å²) < 4.78 is 5.17. The van der Waals surface area contributed by atoms with Gasteiger partial charge in [0.1, 0.15) is 0 Å². The van der Waals surface area contributed by atoms with Gasteiger partial charge < -0.3 is 15.6 Å². The van der Waals surface area contributed by atoms with Crippen LogP contribution < -0.4 is 10.5 Å². The Kier molecular flexibility index (Phi) is 4.05. The Morgan fingerprint density at radius 2 is 1.94 bits per heavy atom. The summed E-state index contributed by atoms with van der Waals surface area (Å²) in [7, 11) is 1.52. The number of phenols is 1. The second-order valence-corrected chi connectivity index (χ2v) is 4.37. The zero-order chi connectivity index (χ0) is 12.5. The number of hydrogen-bond acceptors (Lipinski definition) is 3. The zero-order valence-electron chi connectivity index (χ0n) is 10.1. The van der Waals surface area contributed by atoms with E-state index in [1.807, 2.05) is 20.8 Å². The fourth-order valence-electron chi connectivity index (χ4n) is 1.95. The predicted molar refractivity (Wildman–Crippen MR) is 66.6 cm³/mol. The molecule has 1 unspecified atom stereocenters. The van der Waals surface area contributed by atoms with Crippen LogP contribution in [0.2, 0.25) is 5.02 Å². The van der Waals surface area contributed by atoms with Crippen LogP contribution in [0.3, 0.4) is 0 Å². The Balaban J connectivity index is 3.55. The van der Waals surface area contributed by atoms with E-state index in [1.165, 1.54) is 7.11 Å². The van der Waals surface area contributed by atoms with Crippen molar-refractivity contribution in [2.24, 2.45) is 5.73 Å². The van der Waals surface area contributed by atoms with Crippen molar-refractivity contribution in [3.05, 3.63) is 21.7 Å². The van der Waals surface area contributed by atoms with E-state index in [0.717, 1.165) is 16.7 Å². The quantitative estimate of drug-likeness (QED) is 0.858. The summed E-state index contributed by atoms with van der Waals surface area (Å²) in [4.78, 5) is 0. The minimum Gasteiger partial charge on any atom is -0.504 e. The Morgan fingerprint density at radius 3 is 2.38 bits per heavy atom. The molecule has 1 rings (SSSR count). The van der Waals surface area contributed by atoms with Crippen LogP contribution in [0.1, 0.15) is 29.5 Å². The normalized spacial score (nSPS) is 12.6. The Labute approximate surface area is 101 Å². The van der Waals surface area contributed by atoms with Crippen molar-refractivity contribution in [2.75, 3.05) is 13.7 Å². The van der Waals surface area contributed by atoms with Crippen molar-refractivity contribution in [1.29, 1.82) is 0 Å². The molecule has 0 saturated carbocycles. The molecule has 0 fully saturated rings. The fraction of sp³-hybridized carbons (Fsp3) is 0.500. The van der Waals surface area contributed by atoms with Gasteiger partial charge in [-0.25, -0.2) is 0 Å². The molecule has 1 aromatic carbocycles. The highest BCUT2D eigenvalue weighted by atomic mass is 35.5. The zero-order valence-corrected chi connectivity index (χ0v) is 10.9. The van der Waals surface area contributed by atoms with Gasteiger partial charge in [-0.2, -0.15) is 0 Å². The SMILES string of the molecule is COc1c(C)c(Cl)c(C)c(C(C)CN)c1O. The van der Waals surface area contributed by atoms with Crippen molar-refractivity contribution < 1.29 is 9.84 Å². The molecule has 1 aromatic rings. The molecule has 0 aliphatic heterocycles. The van der Waals surface area contributed by atoms with E-state index in [1.54, 1.807) is 0 Å². The van der Waals surface area contributed by atoms with Crippen molar-refractivity contribution in [2.45, 2.75) is 26.7 Å². The second kappa shape index (κ2) is 4.93. The summed E-state index contributed by atoms with van der Waals surface area (Å²) in [6.45, 7) is 6.12. The van der Waals surface area contributed by atoms with Crippen LogP contribution in [0, 0.1) is 13.8 Å². The highest BCUT2D eigenvalue weighted by Crippen LogP contribution is 2.43. The molecule has 90 valence electrons. The first kappa shape index (κ1) is 13.1. The van der Waals surface area contributed by atoms with Crippen LogP contribution in [-0.4, -0.2) is 18.8 Å². The third-order valence-electron chi connectivity index (χ3n) is 2.92. The van der Waals surface area contributed by atoms with Crippen LogP contribution in [-0.2, 0) is 0 Å². The molecule has 0 aromatic heterocycles. The van der Waals surface area contributed by atoms with Crippen molar-refractivity contribution in [3.8, 4) is 11.5 Å². The number of nitrogens with two attached hydrogens (primary N) is 1. The first-order valence-corrected chi connectivity index (χ1v) is 5.59. The van der Waals surface area contributed by atoms with E-state index in [2.05, 4.69) is 0 Å². The molecule has 0 saturated heterocycles. The molecular formula is C12H18ClNO2. The van der Waals surface area contributed by atoms with Gasteiger partial charge in [0.2, 0.25) is 0 Å². The van der Waals surface area contributed by atoms with E-state index in [0.29, 0.717) is 17.3 Å². The summed E-state index contributed by atoms with van der Waals surface area (Å²) >= 11 is 6.21. The minimum atomic E-state index is 0.0481. The maximum atomic E-state index is 10.1. The van der Waals surface area contributed by atoms with Crippen LogP contribution >= 0.6 is 11.6 Å². The highest BCUT2D eigenvalue weighted by Gasteiger charge is 2.21. The minimum absolute atomic E-state index is 0.0481. The lowest BCUT2D eigenvalue weighted by Crippen LogP contribution is -2.11. The number of hydrogen-bond donors (Lipinski definition) is 2. The molecule has 1 atom stereocenters. The van der Waals surface area contributed by atoms with Gasteiger partial charge in [0.05, 0.1) is 12.1 Å². The monoisotopic (exact) mass is 243 g/mol. The maximum Gasteiger partial charge on any atom is 0.165 e. The smallest absolute Gasteiger partial charge is 0.165 e. The number of rotatable bonds is 3. The van der Waals surface area contributed by atoms with Gasteiger partial charge in [-0.15, -0.1) is 0 Å². The van der Waals surface area contributed by atoms with E-state index in [9.17, 15) is 5.11 Å². The Morgan fingerprint density at radius 1 is 1.38 bits per heavy atom. The number of ether oxygens (including phenoxy) is 1. The molecule has 0 aliphatic carbocycles. The highest BCUT2D eigenvalue weighted by molar-refractivity contribution is 6.32. The van der Waals surface area contributed by atoms with Crippen LogP contribution in [0.4, 0.5) is 0 Å². The average molecular weight is 244 g/mol. The van der Waals surface area contributed by atoms with Gasteiger partial charge in [-0.1, -0.05) is 18.5 Å². The third kappa shape index (κ3) is 1.97. The number of methoxy groups -OCH3 is 1. The van der Waals surface area contributed by atoms with E-state index < -0.39 is 0 Å². The van der Waals surface area contributed by atoms with E-state index in [-0.39, 0.29) is 11.7 Å². The van der Waals surface area contributed by atoms with Gasteiger partial charge in [-0.3, -0.25) is 0 Å². The van der Waals surface area contributed by atoms with Crippen molar-refractivity contribution in [1.82, 2.24) is 0 Å². The molecule has 0 bridgehead atoms. The number of benzene rings is 1. The lowest BCUT2D eigenvalue weighted by atomic mass is 9.93. The molecule has 3 nitrogen and oxygen atoms in total. The summed E-state index contributed by atoms with van der Waals surface area (Å²) in [5.41, 5.74) is 8.03. The topological polar surface area (TPSA) is 55.5 Å². The van der Waals surface area contributed by atoms with Crippen LogP contribution in [0.25, 0.3) is 0 Å². The summed E-state index contributed by atoms with van der Waals surface area (Å²) in [5.74, 6) is 0.637. The molecule has 0 radical (unpaired) electrons. The van der Waals surface area contributed by atoms with Gasteiger partial charge in [0.25, 0.3) is 0 Å². The maximum absolute atomic E-state index is 10.1. The second-order valence-electron chi connectivity index (χ2n) is 4.00. The number of halogens is 1.